The maximum absolute atomic E-state index is 13.2. The summed E-state index contributed by atoms with van der Waals surface area (Å²) in [5.74, 6) is -0.916. The lowest BCUT2D eigenvalue weighted by Gasteiger charge is -2.48. The van der Waals surface area contributed by atoms with Gasteiger partial charge in [0.25, 0.3) is 0 Å². The van der Waals surface area contributed by atoms with Gasteiger partial charge in [-0.1, -0.05) is 6.92 Å². The molecule has 0 saturated carbocycles. The average Bonchev–Trinajstić information content (AvgIpc) is 3.07. The van der Waals surface area contributed by atoms with E-state index < -0.39 is 23.4 Å². The minimum atomic E-state index is -1.62. The van der Waals surface area contributed by atoms with Crippen molar-refractivity contribution in [1.29, 1.82) is 0 Å². The number of amides is 1. The summed E-state index contributed by atoms with van der Waals surface area (Å²) >= 11 is 0. The van der Waals surface area contributed by atoms with Gasteiger partial charge in [0, 0.05) is 23.9 Å². The van der Waals surface area contributed by atoms with Gasteiger partial charge in [0.15, 0.2) is 5.60 Å². The molecule has 28 heavy (non-hydrogen) atoms. The van der Waals surface area contributed by atoms with E-state index in [-0.39, 0.29) is 25.0 Å². The van der Waals surface area contributed by atoms with Crippen molar-refractivity contribution >= 4 is 22.8 Å². The number of fused-ring (bicyclic) bond motifs is 5. The number of carbonyl (C=O) groups excluding carboxylic acids is 2. The Morgan fingerprint density at radius 1 is 1.36 bits per heavy atom. The van der Waals surface area contributed by atoms with E-state index in [1.165, 1.54) is 0 Å². The fourth-order valence-corrected chi connectivity index (χ4v) is 5.01. The van der Waals surface area contributed by atoms with E-state index in [2.05, 4.69) is 6.07 Å². The molecule has 3 aliphatic rings. The van der Waals surface area contributed by atoms with Crippen LogP contribution in [-0.4, -0.2) is 46.2 Å². The molecule has 2 aromatic rings. The highest BCUT2D eigenvalue weighted by molar-refractivity contribution is 5.88. The summed E-state index contributed by atoms with van der Waals surface area (Å²) in [5.41, 5.74) is 1.06. The smallest absolute Gasteiger partial charge is 0.338 e. The number of carbonyl (C=O) groups is 2. The molecule has 0 aliphatic carbocycles. The molecule has 4 heterocycles. The van der Waals surface area contributed by atoms with E-state index in [0.717, 1.165) is 27.9 Å². The summed E-state index contributed by atoms with van der Waals surface area (Å²) in [6, 6.07) is 7.57. The number of methoxy groups -OCH3 is 1. The van der Waals surface area contributed by atoms with Gasteiger partial charge in [-0.3, -0.25) is 9.78 Å². The van der Waals surface area contributed by atoms with Crippen molar-refractivity contribution in [2.75, 3.05) is 13.7 Å². The first-order chi connectivity index (χ1) is 13.5. The number of aliphatic hydroxyl groups is 1. The number of esters is 1. The largest absolute Gasteiger partial charge is 0.497 e. The van der Waals surface area contributed by atoms with Crippen molar-refractivity contribution in [3.8, 4) is 5.75 Å². The summed E-state index contributed by atoms with van der Waals surface area (Å²) in [6.07, 6.45) is 0.730. The van der Waals surface area contributed by atoms with Gasteiger partial charge >= 0.3 is 5.97 Å². The van der Waals surface area contributed by atoms with E-state index in [9.17, 15) is 14.7 Å². The highest BCUT2D eigenvalue weighted by Gasteiger charge is 2.59. The second-order valence-corrected chi connectivity index (χ2v) is 7.90. The first-order valence-electron chi connectivity index (χ1n) is 9.64. The highest BCUT2D eigenvalue weighted by Crippen LogP contribution is 2.50. The molecule has 0 radical (unpaired) electrons. The Bertz CT molecular complexity index is 1010. The molecule has 1 amide bonds. The average molecular weight is 382 g/mol. The number of rotatable bonds is 2. The van der Waals surface area contributed by atoms with Crippen LogP contribution in [-0.2, 0) is 20.9 Å². The van der Waals surface area contributed by atoms with E-state index in [4.69, 9.17) is 14.5 Å². The lowest BCUT2D eigenvalue weighted by Crippen LogP contribution is -2.61. The Balaban J connectivity index is 1.59. The lowest BCUT2D eigenvalue weighted by atomic mass is 9.69. The fraction of sp³-hybridized carbons (Fsp3) is 0.476. The minimum Gasteiger partial charge on any atom is -0.497 e. The third-order valence-electron chi connectivity index (χ3n) is 6.63. The van der Waals surface area contributed by atoms with Crippen LogP contribution in [0.15, 0.2) is 24.3 Å². The van der Waals surface area contributed by atoms with E-state index in [0.29, 0.717) is 13.0 Å². The first kappa shape index (κ1) is 17.4. The molecule has 1 N–H and O–H groups in total. The van der Waals surface area contributed by atoms with Crippen LogP contribution in [0.5, 0.6) is 5.75 Å². The quantitative estimate of drug-likeness (QED) is 0.799. The number of hydrogen-bond donors (Lipinski definition) is 1. The van der Waals surface area contributed by atoms with Gasteiger partial charge in [-0.2, -0.15) is 0 Å². The molecule has 5 rings (SSSR count). The zero-order valence-electron chi connectivity index (χ0n) is 15.8. The van der Waals surface area contributed by atoms with E-state index in [1.54, 1.807) is 14.0 Å². The zero-order chi connectivity index (χ0) is 19.6. The van der Waals surface area contributed by atoms with Gasteiger partial charge in [-0.15, -0.1) is 0 Å². The Morgan fingerprint density at radius 3 is 2.93 bits per heavy atom. The van der Waals surface area contributed by atoms with Crippen LogP contribution < -0.4 is 4.74 Å². The Hall–Kier alpha value is -2.67. The normalized spacial score (nSPS) is 31.2. The number of aromatic nitrogens is 1. The molecule has 7 heteroatoms. The number of nitrogens with zero attached hydrogens (tertiary/aromatic N) is 2. The molecule has 2 saturated heterocycles. The monoisotopic (exact) mass is 382 g/mol. The van der Waals surface area contributed by atoms with Gasteiger partial charge < -0.3 is 19.5 Å². The Labute approximate surface area is 162 Å². The second-order valence-electron chi connectivity index (χ2n) is 7.90. The molecule has 7 nitrogen and oxygen atoms in total. The number of benzene rings is 1. The van der Waals surface area contributed by atoms with Crippen molar-refractivity contribution in [3.05, 3.63) is 35.5 Å². The first-order valence-corrected chi connectivity index (χ1v) is 9.64. The molecule has 146 valence electrons. The molecule has 2 fully saturated rings. The second kappa shape index (κ2) is 5.91. The maximum Gasteiger partial charge on any atom is 0.338 e. The summed E-state index contributed by atoms with van der Waals surface area (Å²) in [6.45, 7) is 2.29. The third kappa shape index (κ3) is 2.22. The minimum absolute atomic E-state index is 0.0385. The van der Waals surface area contributed by atoms with Crippen LogP contribution in [0.25, 0.3) is 10.9 Å². The molecule has 0 spiro atoms. The van der Waals surface area contributed by atoms with Crippen LogP contribution in [0.3, 0.4) is 0 Å². The Morgan fingerprint density at radius 2 is 2.18 bits per heavy atom. The number of hydrogen-bond acceptors (Lipinski definition) is 6. The van der Waals surface area contributed by atoms with Gasteiger partial charge in [0.05, 0.1) is 30.3 Å². The molecular weight excluding hydrogens is 360 g/mol. The molecule has 4 atom stereocenters. The summed E-state index contributed by atoms with van der Waals surface area (Å²) in [4.78, 5) is 32.1. The van der Waals surface area contributed by atoms with E-state index in [1.807, 2.05) is 23.1 Å². The summed E-state index contributed by atoms with van der Waals surface area (Å²) in [7, 11) is 1.62. The number of ether oxygens (including phenoxy) is 2. The zero-order valence-corrected chi connectivity index (χ0v) is 15.8. The van der Waals surface area contributed by atoms with Gasteiger partial charge in [-0.25, -0.2) is 4.79 Å². The SMILES string of the molecule is CC[C@@]1(O)C(=O)OCC2C(=O)N3Cc4cc5ccc(OC)cc5nc4C3CC21. The van der Waals surface area contributed by atoms with Crippen molar-refractivity contribution in [2.45, 2.75) is 38.0 Å². The lowest BCUT2D eigenvalue weighted by molar-refractivity contribution is -0.202. The molecule has 3 unspecified atom stereocenters. The van der Waals surface area contributed by atoms with Gasteiger partial charge in [0.1, 0.15) is 12.4 Å². The molecule has 1 aromatic carbocycles. The van der Waals surface area contributed by atoms with Gasteiger partial charge in [-0.05, 0) is 36.6 Å². The van der Waals surface area contributed by atoms with Crippen LogP contribution in [0.1, 0.15) is 37.1 Å². The third-order valence-corrected chi connectivity index (χ3v) is 6.63. The number of piperidine rings is 1. The van der Waals surface area contributed by atoms with Crippen LogP contribution >= 0.6 is 0 Å². The molecule has 1 aromatic heterocycles. The van der Waals surface area contributed by atoms with Crippen LogP contribution in [0.4, 0.5) is 0 Å². The standard InChI is InChI=1S/C21H22N2O5/c1-3-21(26)15-8-17-18-12(6-11-4-5-13(27-2)7-16(11)22-18)9-23(17)19(24)14(15)10-28-20(21)25/h4-7,14-15,17,26H,3,8-10H2,1-2H3/t14?,15?,17?,21-/m0/s1. The molecule has 0 bridgehead atoms. The van der Waals surface area contributed by atoms with Crippen LogP contribution in [0.2, 0.25) is 0 Å². The Kier molecular flexibility index (Phi) is 3.68. The van der Waals surface area contributed by atoms with Crippen molar-refractivity contribution in [3.63, 3.8) is 0 Å². The van der Waals surface area contributed by atoms with E-state index >= 15 is 0 Å². The fourth-order valence-electron chi connectivity index (χ4n) is 5.01. The topological polar surface area (TPSA) is 89.0 Å². The molecular formula is C21H22N2O5. The summed E-state index contributed by atoms with van der Waals surface area (Å²) < 4.78 is 10.5. The number of cyclic esters (lactones) is 1. The van der Waals surface area contributed by atoms with Crippen molar-refractivity contribution < 1.29 is 24.2 Å². The number of pyridine rings is 1. The highest BCUT2D eigenvalue weighted by atomic mass is 16.6. The van der Waals surface area contributed by atoms with Crippen LogP contribution in [0, 0.1) is 11.8 Å². The van der Waals surface area contributed by atoms with Gasteiger partial charge in [0.2, 0.25) is 5.91 Å². The van der Waals surface area contributed by atoms with Crippen molar-refractivity contribution in [2.24, 2.45) is 11.8 Å². The predicted octanol–water partition coefficient (Wildman–Crippen LogP) is 1.96. The predicted molar refractivity (Wildman–Crippen MR) is 99.4 cm³/mol. The van der Waals surface area contributed by atoms with Crippen molar-refractivity contribution in [1.82, 2.24) is 9.88 Å². The molecule has 3 aliphatic heterocycles. The maximum atomic E-state index is 13.2. The summed E-state index contributed by atoms with van der Waals surface area (Å²) in [5, 5.41) is 12.0.